The minimum Gasteiger partial charge on any atom is -0.375 e. The van der Waals surface area contributed by atoms with Gasteiger partial charge in [-0.2, -0.15) is 0 Å². The van der Waals surface area contributed by atoms with Gasteiger partial charge in [-0.1, -0.05) is 17.4 Å². The molecule has 0 bridgehead atoms. The molecular weight excluding hydrogens is 379 g/mol. The van der Waals surface area contributed by atoms with E-state index < -0.39 is 0 Å². The highest BCUT2D eigenvalue weighted by atomic mass is 35.5. The highest BCUT2D eigenvalue weighted by Gasteiger charge is 2.08. The number of anilines is 1. The molecule has 25 heavy (non-hydrogen) atoms. The Bertz CT molecular complexity index is 1080. The van der Waals surface area contributed by atoms with Crippen LogP contribution in [0, 0.1) is 6.92 Å². The maximum absolute atomic E-state index is 11.5. The number of fused-ring (bicyclic) bond motifs is 2. The van der Waals surface area contributed by atoms with Gasteiger partial charge in [0, 0.05) is 29.7 Å². The van der Waals surface area contributed by atoms with Crippen LogP contribution < -0.4 is 11.2 Å². The summed E-state index contributed by atoms with van der Waals surface area (Å²) in [6.07, 6.45) is 3.63. The maximum atomic E-state index is 11.5. The van der Waals surface area contributed by atoms with Gasteiger partial charge in [-0.15, -0.1) is 24.8 Å². The van der Waals surface area contributed by atoms with E-state index in [0.29, 0.717) is 5.13 Å². The largest absolute Gasteiger partial charge is 0.375 e. The number of hydrogen-bond donors (Lipinski definition) is 2. The lowest BCUT2D eigenvalue weighted by Crippen LogP contribution is -1.99. The summed E-state index contributed by atoms with van der Waals surface area (Å²) in [5.74, 6) is 0. The van der Waals surface area contributed by atoms with Crippen LogP contribution in [0.2, 0.25) is 0 Å². The number of nitrogens with two attached hydrogens (primary N) is 1. The summed E-state index contributed by atoms with van der Waals surface area (Å²) in [5.41, 5.74) is 11.1. The van der Waals surface area contributed by atoms with Crippen molar-refractivity contribution < 1.29 is 0 Å². The fourth-order valence-electron chi connectivity index (χ4n) is 2.92. The number of hydrogen-bond acceptors (Lipinski definition) is 4. The molecular formula is C17H18Cl2N4OS. The summed E-state index contributed by atoms with van der Waals surface area (Å²) in [6, 6.07) is 9.49. The molecule has 1 aromatic carbocycles. The van der Waals surface area contributed by atoms with E-state index in [1.807, 2.05) is 16.7 Å². The van der Waals surface area contributed by atoms with Gasteiger partial charge in [-0.05, 0) is 37.5 Å². The quantitative estimate of drug-likeness (QED) is 0.553. The number of nitrogens with zero attached hydrogens (tertiary/aromatic N) is 2. The summed E-state index contributed by atoms with van der Waals surface area (Å²) in [7, 11) is 0. The predicted molar refractivity (Wildman–Crippen MR) is 109 cm³/mol. The van der Waals surface area contributed by atoms with Gasteiger partial charge in [0.2, 0.25) is 0 Å². The molecule has 8 heteroatoms. The van der Waals surface area contributed by atoms with Gasteiger partial charge in [0.05, 0.1) is 10.2 Å². The number of aromatic nitrogens is 3. The number of imidazole rings is 1. The molecule has 3 heterocycles. The van der Waals surface area contributed by atoms with Gasteiger partial charge in [0.1, 0.15) is 5.65 Å². The summed E-state index contributed by atoms with van der Waals surface area (Å²) < 4.78 is 3.14. The van der Waals surface area contributed by atoms with E-state index in [1.165, 1.54) is 16.9 Å². The van der Waals surface area contributed by atoms with E-state index in [1.54, 1.807) is 12.1 Å². The lowest BCUT2D eigenvalue weighted by Gasteiger charge is -2.02. The van der Waals surface area contributed by atoms with Gasteiger partial charge in [-0.25, -0.2) is 4.98 Å². The molecule has 0 aliphatic heterocycles. The number of halogens is 2. The zero-order valence-electron chi connectivity index (χ0n) is 13.5. The minimum absolute atomic E-state index is 0. The first-order valence-corrected chi connectivity index (χ1v) is 8.26. The molecule has 0 spiro atoms. The molecule has 0 saturated carbocycles. The van der Waals surface area contributed by atoms with Crippen molar-refractivity contribution in [3.8, 4) is 0 Å². The van der Waals surface area contributed by atoms with E-state index in [4.69, 9.17) is 5.73 Å². The molecule has 0 amide bonds. The van der Waals surface area contributed by atoms with Gasteiger partial charge >= 0.3 is 0 Å². The molecule has 0 aliphatic carbocycles. The van der Waals surface area contributed by atoms with Crippen LogP contribution in [0.4, 0.5) is 5.13 Å². The fourth-order valence-corrected chi connectivity index (χ4v) is 3.71. The molecule has 3 N–H and O–H groups in total. The van der Waals surface area contributed by atoms with Crippen LogP contribution in [-0.4, -0.2) is 14.4 Å². The van der Waals surface area contributed by atoms with Crippen molar-refractivity contribution in [3.63, 3.8) is 0 Å². The van der Waals surface area contributed by atoms with E-state index in [9.17, 15) is 4.79 Å². The predicted octanol–water partition coefficient (Wildman–Crippen LogP) is 3.76. The Morgan fingerprint density at radius 3 is 2.80 bits per heavy atom. The Labute approximate surface area is 160 Å². The summed E-state index contributed by atoms with van der Waals surface area (Å²) in [5, 5.41) is 0.605. The second-order valence-electron chi connectivity index (χ2n) is 5.66. The molecule has 132 valence electrons. The second kappa shape index (κ2) is 7.47. The van der Waals surface area contributed by atoms with Gasteiger partial charge in [-0.3, -0.25) is 4.79 Å². The first-order valence-electron chi connectivity index (χ1n) is 7.45. The number of nitrogen functional groups attached to an aromatic ring is 1. The Kier molecular flexibility index (Phi) is 5.77. The molecule has 0 unspecified atom stereocenters. The number of rotatable bonds is 3. The van der Waals surface area contributed by atoms with Gasteiger partial charge in [0.15, 0.2) is 10.6 Å². The molecule has 0 fully saturated rings. The third kappa shape index (κ3) is 3.66. The third-order valence-electron chi connectivity index (χ3n) is 4.14. The number of nitrogens with one attached hydrogen (secondary N) is 1. The van der Waals surface area contributed by atoms with Crippen molar-refractivity contribution in [2.24, 2.45) is 0 Å². The minimum atomic E-state index is 0. The zero-order chi connectivity index (χ0) is 16.0. The van der Waals surface area contributed by atoms with Crippen molar-refractivity contribution in [1.82, 2.24) is 14.4 Å². The Hall–Kier alpha value is -2.02. The number of benzene rings is 1. The number of H-pyrrole nitrogens is 1. The van der Waals surface area contributed by atoms with E-state index in [-0.39, 0.29) is 30.2 Å². The zero-order valence-corrected chi connectivity index (χ0v) is 15.9. The smallest absolute Gasteiger partial charge is 0.183 e. The van der Waals surface area contributed by atoms with Crippen molar-refractivity contribution in [3.05, 3.63) is 63.7 Å². The van der Waals surface area contributed by atoms with E-state index in [0.717, 1.165) is 40.1 Å². The van der Waals surface area contributed by atoms with Crippen LogP contribution in [-0.2, 0) is 12.8 Å². The number of aromatic amines is 1. The Morgan fingerprint density at radius 1 is 1.20 bits per heavy atom. The average molecular weight is 397 g/mol. The highest BCUT2D eigenvalue weighted by molar-refractivity contribution is 7.22. The Balaban J connectivity index is 0.00000113. The molecule has 3 aromatic heterocycles. The molecule has 5 nitrogen and oxygen atoms in total. The van der Waals surface area contributed by atoms with Crippen molar-refractivity contribution >= 4 is 57.1 Å². The third-order valence-corrected chi connectivity index (χ3v) is 4.98. The van der Waals surface area contributed by atoms with Crippen LogP contribution in [0.15, 0.2) is 41.3 Å². The van der Waals surface area contributed by atoms with Crippen molar-refractivity contribution in [2.75, 3.05) is 5.73 Å². The number of pyridine rings is 1. The second-order valence-corrected chi connectivity index (χ2v) is 6.72. The summed E-state index contributed by atoms with van der Waals surface area (Å²) in [6.45, 7) is 2.07. The van der Waals surface area contributed by atoms with Gasteiger partial charge in [0.25, 0.3) is 0 Å². The fraction of sp³-hybridized carbons (Fsp3) is 0.176. The standard InChI is InChI=1S/C17H16N4OS.2ClH/c1-10-13(19-16-9-12(22)6-7-21(10)16)4-2-11-3-5-14-15(8-11)23-17(18)20-14;;/h3,5-9,19H,2,4H2,1H3,(H2,18,20);2*1H. The number of aryl methyl sites for hydroxylation is 3. The Morgan fingerprint density at radius 2 is 2.00 bits per heavy atom. The van der Waals surface area contributed by atoms with E-state index in [2.05, 4.69) is 29.0 Å². The van der Waals surface area contributed by atoms with Crippen molar-refractivity contribution in [2.45, 2.75) is 19.8 Å². The molecule has 0 radical (unpaired) electrons. The average Bonchev–Trinajstić information content (AvgIpc) is 3.03. The van der Waals surface area contributed by atoms with Crippen LogP contribution in [0.25, 0.3) is 15.9 Å². The number of thiazole rings is 1. The first kappa shape index (κ1) is 19.3. The summed E-state index contributed by atoms with van der Waals surface area (Å²) >= 11 is 1.52. The molecule has 4 rings (SSSR count). The topological polar surface area (TPSA) is 76.2 Å². The van der Waals surface area contributed by atoms with Crippen LogP contribution >= 0.6 is 36.2 Å². The first-order chi connectivity index (χ1) is 11.1. The van der Waals surface area contributed by atoms with Crippen molar-refractivity contribution in [1.29, 1.82) is 0 Å². The van der Waals surface area contributed by atoms with Crippen LogP contribution in [0.3, 0.4) is 0 Å². The van der Waals surface area contributed by atoms with Crippen LogP contribution in [0.1, 0.15) is 17.0 Å². The molecule has 0 atom stereocenters. The molecule has 4 aromatic rings. The van der Waals surface area contributed by atoms with Gasteiger partial charge < -0.3 is 15.1 Å². The monoisotopic (exact) mass is 396 g/mol. The maximum Gasteiger partial charge on any atom is 0.183 e. The molecule has 0 saturated heterocycles. The molecule has 0 aliphatic rings. The SMILES string of the molecule is Cc1c(CCc2ccc3nc(N)sc3c2)[nH]c2cc(=O)ccn12.Cl.Cl. The summed E-state index contributed by atoms with van der Waals surface area (Å²) in [4.78, 5) is 19.1. The van der Waals surface area contributed by atoms with E-state index >= 15 is 0 Å². The lowest BCUT2D eigenvalue weighted by molar-refractivity contribution is 0.912. The highest BCUT2D eigenvalue weighted by Crippen LogP contribution is 2.25. The normalized spacial score (nSPS) is 10.6. The van der Waals surface area contributed by atoms with Crippen LogP contribution in [0.5, 0.6) is 0 Å². The lowest BCUT2D eigenvalue weighted by atomic mass is 10.1.